The smallest absolute Gasteiger partial charge is 0.335 e. The number of barbiturate groups is 1. The zero-order valence-corrected chi connectivity index (χ0v) is 21.0. The van der Waals surface area contributed by atoms with Crippen LogP contribution in [0, 0.1) is 16.3 Å². The zero-order chi connectivity index (χ0) is 25.1. The first kappa shape index (κ1) is 24.4. The van der Waals surface area contributed by atoms with E-state index in [1.807, 2.05) is 13.0 Å². The number of benzene rings is 3. The Morgan fingerprint density at radius 3 is 2.54 bits per heavy atom. The Balaban J connectivity index is 1.64. The van der Waals surface area contributed by atoms with E-state index in [1.54, 1.807) is 42.5 Å². The molecule has 3 aromatic carbocycles. The van der Waals surface area contributed by atoms with Crippen LogP contribution in [0.25, 0.3) is 6.08 Å². The van der Waals surface area contributed by atoms with Crippen molar-refractivity contribution in [2.75, 3.05) is 12.0 Å². The van der Waals surface area contributed by atoms with E-state index in [4.69, 9.17) is 9.47 Å². The largest absolute Gasteiger partial charge is 0.493 e. The summed E-state index contributed by atoms with van der Waals surface area (Å²) in [6, 6.07) is 15.5. The molecule has 1 heterocycles. The number of halogens is 2. The molecular formula is C26H20FIN2O5. The highest BCUT2D eigenvalue weighted by Crippen LogP contribution is 2.35. The number of ether oxygens (including phenoxy) is 2. The van der Waals surface area contributed by atoms with Gasteiger partial charge in [-0.05, 0) is 88.7 Å². The van der Waals surface area contributed by atoms with E-state index in [0.29, 0.717) is 31.9 Å². The van der Waals surface area contributed by atoms with Crippen molar-refractivity contribution in [3.05, 3.63) is 92.3 Å². The molecular weight excluding hydrogens is 566 g/mol. The van der Waals surface area contributed by atoms with Crippen LogP contribution in [0.15, 0.2) is 66.2 Å². The van der Waals surface area contributed by atoms with Crippen molar-refractivity contribution < 1.29 is 28.2 Å². The maximum absolute atomic E-state index is 13.5. The van der Waals surface area contributed by atoms with E-state index >= 15 is 0 Å². The lowest BCUT2D eigenvalue weighted by atomic mass is 10.1. The summed E-state index contributed by atoms with van der Waals surface area (Å²) in [5.41, 5.74) is 2.18. The summed E-state index contributed by atoms with van der Waals surface area (Å²) in [5.74, 6) is -1.07. The van der Waals surface area contributed by atoms with E-state index in [1.165, 1.54) is 25.3 Å². The lowest BCUT2D eigenvalue weighted by Gasteiger charge is -2.26. The predicted octanol–water partition coefficient (Wildman–Crippen LogP) is 4.99. The summed E-state index contributed by atoms with van der Waals surface area (Å²) in [6.07, 6.45) is 1.40. The number of rotatable bonds is 6. The van der Waals surface area contributed by atoms with Gasteiger partial charge in [0.25, 0.3) is 11.8 Å². The van der Waals surface area contributed by atoms with Crippen LogP contribution in [0.3, 0.4) is 0 Å². The molecule has 0 aliphatic carbocycles. The second-order valence-electron chi connectivity index (χ2n) is 7.75. The molecule has 0 spiro atoms. The summed E-state index contributed by atoms with van der Waals surface area (Å²) >= 11 is 2.05. The number of hydrogen-bond acceptors (Lipinski definition) is 5. The molecule has 0 aromatic heterocycles. The summed E-state index contributed by atoms with van der Waals surface area (Å²) < 4.78 is 25.4. The quantitative estimate of drug-likeness (QED) is 0.250. The predicted molar refractivity (Wildman–Crippen MR) is 137 cm³/mol. The van der Waals surface area contributed by atoms with Gasteiger partial charge in [-0.25, -0.2) is 14.1 Å². The molecule has 0 saturated carbocycles. The molecule has 0 atom stereocenters. The molecule has 1 aliphatic rings. The van der Waals surface area contributed by atoms with Crippen LogP contribution in [0.4, 0.5) is 14.9 Å². The van der Waals surface area contributed by atoms with Crippen LogP contribution in [0.5, 0.6) is 11.5 Å². The molecule has 4 amide bonds. The highest BCUT2D eigenvalue weighted by molar-refractivity contribution is 14.1. The van der Waals surface area contributed by atoms with Gasteiger partial charge in [0, 0.05) is 0 Å². The van der Waals surface area contributed by atoms with Gasteiger partial charge in [0.15, 0.2) is 11.5 Å². The monoisotopic (exact) mass is 586 g/mol. The number of hydrogen-bond donors (Lipinski definition) is 1. The highest BCUT2D eigenvalue weighted by Gasteiger charge is 2.36. The van der Waals surface area contributed by atoms with Gasteiger partial charge in [-0.1, -0.05) is 24.3 Å². The van der Waals surface area contributed by atoms with Crippen LogP contribution < -0.4 is 19.7 Å². The average molecular weight is 586 g/mol. The van der Waals surface area contributed by atoms with Gasteiger partial charge in [0.2, 0.25) is 0 Å². The van der Waals surface area contributed by atoms with Crippen LogP contribution in [0.2, 0.25) is 0 Å². The molecule has 1 fully saturated rings. The molecule has 4 rings (SSSR count). The first-order chi connectivity index (χ1) is 16.8. The molecule has 0 bridgehead atoms. The number of anilines is 1. The van der Waals surface area contributed by atoms with Crippen LogP contribution in [-0.2, 0) is 16.2 Å². The first-order valence-corrected chi connectivity index (χ1v) is 11.6. The summed E-state index contributed by atoms with van der Waals surface area (Å²) in [6.45, 7) is 1.96. The molecule has 9 heteroatoms. The van der Waals surface area contributed by atoms with Crippen molar-refractivity contribution in [3.63, 3.8) is 0 Å². The van der Waals surface area contributed by atoms with E-state index in [0.717, 1.165) is 10.5 Å². The number of carbonyl (C=O) groups is 3. The van der Waals surface area contributed by atoms with Gasteiger partial charge in [-0.2, -0.15) is 0 Å². The lowest BCUT2D eigenvalue weighted by Crippen LogP contribution is -2.54. The molecule has 3 aromatic rings. The van der Waals surface area contributed by atoms with Gasteiger partial charge in [-0.3, -0.25) is 14.9 Å². The topological polar surface area (TPSA) is 84.9 Å². The minimum atomic E-state index is -0.809. The van der Waals surface area contributed by atoms with Gasteiger partial charge >= 0.3 is 6.03 Å². The maximum atomic E-state index is 13.5. The summed E-state index contributed by atoms with van der Waals surface area (Å²) in [4.78, 5) is 39.0. The third-order valence-electron chi connectivity index (χ3n) is 5.20. The SMILES string of the molecule is COc1cc(/C=C2\C(=O)NC(=O)N(c3cccc(C)c3)C2=O)cc(I)c1OCc1cccc(F)c1. The molecule has 1 N–H and O–H groups in total. The molecule has 178 valence electrons. The van der Waals surface area contributed by atoms with Crippen molar-refractivity contribution in [1.82, 2.24) is 5.32 Å². The van der Waals surface area contributed by atoms with E-state index in [-0.39, 0.29) is 18.0 Å². The Morgan fingerprint density at radius 1 is 1.06 bits per heavy atom. The first-order valence-electron chi connectivity index (χ1n) is 10.5. The van der Waals surface area contributed by atoms with Gasteiger partial charge in [0.05, 0.1) is 16.4 Å². The Labute approximate surface area is 214 Å². The minimum Gasteiger partial charge on any atom is -0.493 e. The average Bonchev–Trinajstić information content (AvgIpc) is 2.80. The van der Waals surface area contributed by atoms with Crippen molar-refractivity contribution >= 4 is 52.2 Å². The van der Waals surface area contributed by atoms with Gasteiger partial charge < -0.3 is 9.47 Å². The van der Waals surface area contributed by atoms with E-state index < -0.39 is 17.8 Å². The van der Waals surface area contributed by atoms with Crippen LogP contribution >= 0.6 is 22.6 Å². The number of carbonyl (C=O) groups excluding carboxylic acids is 3. The fraction of sp³-hybridized carbons (Fsp3) is 0.115. The number of aryl methyl sites for hydroxylation is 1. The number of methoxy groups -OCH3 is 1. The molecule has 0 unspecified atom stereocenters. The second kappa shape index (κ2) is 10.3. The second-order valence-corrected chi connectivity index (χ2v) is 8.91. The zero-order valence-electron chi connectivity index (χ0n) is 18.8. The standard InChI is InChI=1S/C26H20FIN2O5/c1-15-5-3-8-19(9-15)30-25(32)20(24(31)29-26(30)33)11-17-12-21(28)23(22(13-17)34-2)35-14-16-6-4-7-18(27)10-16/h3-13H,14H2,1-2H3,(H,29,31,33)/b20-11+. The number of nitrogens with zero attached hydrogens (tertiary/aromatic N) is 1. The van der Waals surface area contributed by atoms with Crippen LogP contribution in [-0.4, -0.2) is 25.0 Å². The fourth-order valence-electron chi connectivity index (χ4n) is 3.57. The molecule has 1 saturated heterocycles. The number of nitrogens with one attached hydrogen (secondary N) is 1. The molecule has 0 radical (unpaired) electrons. The fourth-order valence-corrected chi connectivity index (χ4v) is 4.35. The molecule has 7 nitrogen and oxygen atoms in total. The molecule has 1 aliphatic heterocycles. The third-order valence-corrected chi connectivity index (χ3v) is 6.00. The van der Waals surface area contributed by atoms with Gasteiger partial charge in [-0.15, -0.1) is 0 Å². The lowest BCUT2D eigenvalue weighted by molar-refractivity contribution is -0.122. The Bertz CT molecular complexity index is 1370. The Morgan fingerprint density at radius 2 is 1.83 bits per heavy atom. The van der Waals surface area contributed by atoms with Crippen molar-refractivity contribution in [2.45, 2.75) is 13.5 Å². The summed E-state index contributed by atoms with van der Waals surface area (Å²) in [7, 11) is 1.47. The van der Waals surface area contributed by atoms with Crippen molar-refractivity contribution in [3.8, 4) is 11.5 Å². The third kappa shape index (κ3) is 5.35. The minimum absolute atomic E-state index is 0.124. The Hall–Kier alpha value is -3.73. The van der Waals surface area contributed by atoms with E-state index in [2.05, 4.69) is 27.9 Å². The highest BCUT2D eigenvalue weighted by atomic mass is 127. The van der Waals surface area contributed by atoms with E-state index in [9.17, 15) is 18.8 Å². The normalized spacial score (nSPS) is 14.8. The van der Waals surface area contributed by atoms with Crippen molar-refractivity contribution in [1.29, 1.82) is 0 Å². The summed E-state index contributed by atoms with van der Waals surface area (Å²) in [5, 5.41) is 2.22. The Kier molecular flexibility index (Phi) is 7.15. The van der Waals surface area contributed by atoms with Crippen molar-refractivity contribution in [2.24, 2.45) is 0 Å². The maximum Gasteiger partial charge on any atom is 0.335 e. The van der Waals surface area contributed by atoms with Gasteiger partial charge in [0.1, 0.15) is 18.0 Å². The number of imide groups is 2. The number of urea groups is 1. The number of amides is 4. The molecule has 35 heavy (non-hydrogen) atoms. The van der Waals surface area contributed by atoms with Crippen LogP contribution in [0.1, 0.15) is 16.7 Å².